The number of nitrogens with zero attached hydrogens (tertiary/aromatic N) is 1. The highest BCUT2D eigenvalue weighted by molar-refractivity contribution is 7.92. The van der Waals surface area contributed by atoms with Gasteiger partial charge < -0.3 is 10.2 Å². The van der Waals surface area contributed by atoms with Gasteiger partial charge in [-0.15, -0.1) is 0 Å². The van der Waals surface area contributed by atoms with Gasteiger partial charge in [0.1, 0.15) is 0 Å². The van der Waals surface area contributed by atoms with Gasteiger partial charge in [-0.1, -0.05) is 12.1 Å². The Bertz CT molecular complexity index is 702. The van der Waals surface area contributed by atoms with Crippen molar-refractivity contribution in [2.45, 2.75) is 26.2 Å². The summed E-state index contributed by atoms with van der Waals surface area (Å²) in [5, 5.41) is 3.42. The van der Waals surface area contributed by atoms with Crippen LogP contribution in [0.3, 0.4) is 0 Å². The second-order valence-electron chi connectivity index (χ2n) is 6.77. The number of hydrogen-bond donors (Lipinski definition) is 2. The summed E-state index contributed by atoms with van der Waals surface area (Å²) in [7, 11) is -3.41. The number of para-hydroxylation sites is 1. The second-order valence-corrected chi connectivity index (χ2v) is 8.78. The molecule has 1 aromatic carbocycles. The van der Waals surface area contributed by atoms with Crippen LogP contribution in [0, 0.1) is 5.41 Å². The van der Waals surface area contributed by atoms with E-state index >= 15 is 0 Å². The Morgan fingerprint density at radius 1 is 1.25 bits per heavy atom. The van der Waals surface area contributed by atoms with E-state index in [1.54, 1.807) is 31.2 Å². The molecule has 2 aliphatic rings. The summed E-state index contributed by atoms with van der Waals surface area (Å²) in [6, 6.07) is 6.84. The largest absolute Gasteiger partial charge is 0.339 e. The molecule has 2 heterocycles. The molecule has 7 heteroatoms. The Labute approximate surface area is 143 Å². The molecule has 0 bridgehead atoms. The van der Waals surface area contributed by atoms with Gasteiger partial charge in [0.05, 0.1) is 17.0 Å². The van der Waals surface area contributed by atoms with E-state index in [0.717, 1.165) is 39.0 Å². The van der Waals surface area contributed by atoms with Crippen LogP contribution in [0.1, 0.15) is 36.5 Å². The number of anilines is 1. The molecule has 3 rings (SSSR count). The number of hydrogen-bond acceptors (Lipinski definition) is 4. The molecule has 2 aliphatic heterocycles. The summed E-state index contributed by atoms with van der Waals surface area (Å²) in [5.41, 5.74) is 1.14. The standard InChI is InChI=1S/C17H25N3O3S/c1-2-24(22,23)19-15-6-4-3-5-14(15)16(21)20-11-8-17(9-12-20)7-10-18-13-17/h3-6,18-19H,2,7-13H2,1H3. The van der Waals surface area contributed by atoms with E-state index in [2.05, 4.69) is 10.0 Å². The molecule has 132 valence electrons. The zero-order chi connectivity index (χ0) is 17.2. The number of carbonyl (C=O) groups excluding carboxylic acids is 1. The Kier molecular flexibility index (Phi) is 4.83. The molecular formula is C17H25N3O3S. The number of rotatable bonds is 4. The van der Waals surface area contributed by atoms with Crippen LogP contribution in [-0.2, 0) is 10.0 Å². The molecule has 0 unspecified atom stereocenters. The van der Waals surface area contributed by atoms with E-state index in [4.69, 9.17) is 0 Å². The fraction of sp³-hybridized carbons (Fsp3) is 0.588. The average molecular weight is 351 g/mol. The van der Waals surface area contributed by atoms with Gasteiger partial charge in [-0.2, -0.15) is 0 Å². The summed E-state index contributed by atoms with van der Waals surface area (Å²) in [5.74, 6) is -0.111. The van der Waals surface area contributed by atoms with Crippen LogP contribution < -0.4 is 10.0 Å². The molecule has 2 N–H and O–H groups in total. The number of nitrogens with one attached hydrogen (secondary N) is 2. The van der Waals surface area contributed by atoms with Gasteiger partial charge in [-0.05, 0) is 50.3 Å². The maximum absolute atomic E-state index is 12.9. The van der Waals surface area contributed by atoms with Gasteiger partial charge >= 0.3 is 0 Å². The zero-order valence-corrected chi connectivity index (χ0v) is 14.9. The lowest BCUT2D eigenvalue weighted by Gasteiger charge is -2.39. The van der Waals surface area contributed by atoms with Crippen molar-refractivity contribution < 1.29 is 13.2 Å². The molecule has 2 saturated heterocycles. The summed E-state index contributed by atoms with van der Waals surface area (Å²) in [6.07, 6.45) is 3.20. The minimum absolute atomic E-state index is 0.0191. The van der Waals surface area contributed by atoms with Crippen LogP contribution in [0.5, 0.6) is 0 Å². The highest BCUT2D eigenvalue weighted by Crippen LogP contribution is 2.37. The van der Waals surface area contributed by atoms with Crippen LogP contribution in [0.25, 0.3) is 0 Å². The van der Waals surface area contributed by atoms with Crippen LogP contribution in [0.4, 0.5) is 5.69 Å². The fourth-order valence-electron chi connectivity index (χ4n) is 3.58. The van der Waals surface area contributed by atoms with Crippen molar-refractivity contribution in [3.63, 3.8) is 0 Å². The SMILES string of the molecule is CCS(=O)(=O)Nc1ccccc1C(=O)N1CCC2(CCNC2)CC1. The van der Waals surface area contributed by atoms with E-state index in [1.807, 2.05) is 4.90 Å². The van der Waals surface area contributed by atoms with E-state index in [-0.39, 0.29) is 11.7 Å². The quantitative estimate of drug-likeness (QED) is 0.865. The van der Waals surface area contributed by atoms with Crippen LogP contribution in [0.2, 0.25) is 0 Å². The third-order valence-electron chi connectivity index (χ3n) is 5.25. The average Bonchev–Trinajstić information content (AvgIpc) is 3.03. The van der Waals surface area contributed by atoms with Gasteiger partial charge in [0.15, 0.2) is 0 Å². The van der Waals surface area contributed by atoms with Crippen LogP contribution in [0.15, 0.2) is 24.3 Å². The normalized spacial score (nSPS) is 20.3. The molecular weight excluding hydrogens is 326 g/mol. The number of piperidine rings is 1. The fourth-order valence-corrected chi connectivity index (χ4v) is 4.23. The van der Waals surface area contributed by atoms with Gasteiger partial charge in [0, 0.05) is 19.6 Å². The number of benzene rings is 1. The highest BCUT2D eigenvalue weighted by Gasteiger charge is 2.38. The first kappa shape index (κ1) is 17.2. The number of sulfonamides is 1. The first-order chi connectivity index (χ1) is 11.4. The van der Waals surface area contributed by atoms with Gasteiger partial charge in [0.25, 0.3) is 5.91 Å². The molecule has 0 aromatic heterocycles. The Morgan fingerprint density at radius 2 is 1.96 bits per heavy atom. The molecule has 2 fully saturated rings. The molecule has 1 aromatic rings. The van der Waals surface area contributed by atoms with Gasteiger partial charge in [-0.25, -0.2) is 8.42 Å². The first-order valence-electron chi connectivity index (χ1n) is 8.54. The zero-order valence-electron chi connectivity index (χ0n) is 14.0. The van der Waals surface area contributed by atoms with Crippen molar-refractivity contribution in [3.05, 3.63) is 29.8 Å². The van der Waals surface area contributed by atoms with E-state index in [1.165, 1.54) is 6.42 Å². The molecule has 0 atom stereocenters. The number of likely N-dealkylation sites (tertiary alicyclic amines) is 1. The van der Waals surface area contributed by atoms with Gasteiger partial charge in [0.2, 0.25) is 10.0 Å². The molecule has 0 radical (unpaired) electrons. The monoisotopic (exact) mass is 351 g/mol. The molecule has 0 saturated carbocycles. The Hall–Kier alpha value is -1.60. The predicted octanol–water partition coefficient (Wildman–Crippen LogP) is 1.66. The van der Waals surface area contributed by atoms with Crippen molar-refractivity contribution in [2.24, 2.45) is 5.41 Å². The lowest BCUT2D eigenvalue weighted by molar-refractivity contribution is 0.0609. The molecule has 1 amide bonds. The predicted molar refractivity (Wildman–Crippen MR) is 94.6 cm³/mol. The van der Waals surface area contributed by atoms with Crippen molar-refractivity contribution in [1.82, 2.24) is 10.2 Å². The molecule has 24 heavy (non-hydrogen) atoms. The third-order valence-corrected chi connectivity index (χ3v) is 6.54. The Morgan fingerprint density at radius 3 is 2.58 bits per heavy atom. The Balaban J connectivity index is 1.74. The topological polar surface area (TPSA) is 78.5 Å². The third kappa shape index (κ3) is 3.57. The lowest BCUT2D eigenvalue weighted by Crippen LogP contribution is -2.44. The highest BCUT2D eigenvalue weighted by atomic mass is 32.2. The van der Waals surface area contributed by atoms with Crippen molar-refractivity contribution in [3.8, 4) is 0 Å². The van der Waals surface area contributed by atoms with E-state index in [0.29, 0.717) is 16.7 Å². The molecule has 1 spiro atoms. The van der Waals surface area contributed by atoms with Crippen molar-refractivity contribution >= 4 is 21.6 Å². The lowest BCUT2D eigenvalue weighted by atomic mass is 9.78. The minimum atomic E-state index is -3.41. The number of carbonyl (C=O) groups is 1. The smallest absolute Gasteiger partial charge is 0.255 e. The summed E-state index contributed by atoms with van der Waals surface area (Å²) in [6.45, 7) is 5.15. The second kappa shape index (κ2) is 6.72. The van der Waals surface area contributed by atoms with E-state index < -0.39 is 10.0 Å². The van der Waals surface area contributed by atoms with E-state index in [9.17, 15) is 13.2 Å². The van der Waals surface area contributed by atoms with Gasteiger partial charge in [-0.3, -0.25) is 9.52 Å². The summed E-state index contributed by atoms with van der Waals surface area (Å²) < 4.78 is 26.2. The summed E-state index contributed by atoms with van der Waals surface area (Å²) >= 11 is 0. The number of amides is 1. The van der Waals surface area contributed by atoms with Crippen LogP contribution in [-0.4, -0.2) is 51.2 Å². The van der Waals surface area contributed by atoms with Crippen molar-refractivity contribution in [1.29, 1.82) is 0 Å². The first-order valence-corrected chi connectivity index (χ1v) is 10.2. The maximum atomic E-state index is 12.9. The van der Waals surface area contributed by atoms with Crippen LogP contribution >= 0.6 is 0 Å². The molecule has 6 nitrogen and oxygen atoms in total. The minimum Gasteiger partial charge on any atom is -0.339 e. The molecule has 0 aliphatic carbocycles. The van der Waals surface area contributed by atoms with Crippen molar-refractivity contribution in [2.75, 3.05) is 36.7 Å². The maximum Gasteiger partial charge on any atom is 0.255 e. The summed E-state index contributed by atoms with van der Waals surface area (Å²) in [4.78, 5) is 14.7.